The molecular weight excluding hydrogens is 319 g/mol. The molecule has 0 aromatic heterocycles. The maximum atomic E-state index is 12.9. The zero-order chi connectivity index (χ0) is 17.6. The number of hydrogen-bond acceptors (Lipinski definition) is 2. The Morgan fingerprint density at radius 1 is 1.12 bits per heavy atom. The van der Waals surface area contributed by atoms with Gasteiger partial charge in [-0.15, -0.1) is 0 Å². The van der Waals surface area contributed by atoms with Crippen LogP contribution in [0.15, 0.2) is 48.5 Å². The van der Waals surface area contributed by atoms with Gasteiger partial charge in [-0.2, -0.15) is 13.2 Å². The average Bonchev–Trinajstić information content (AvgIpc) is 2.58. The van der Waals surface area contributed by atoms with Gasteiger partial charge in [0.15, 0.2) is 0 Å². The molecule has 1 amide bonds. The Bertz CT molecular complexity index is 789. The van der Waals surface area contributed by atoms with Crippen molar-refractivity contribution < 1.29 is 22.7 Å². The van der Waals surface area contributed by atoms with Gasteiger partial charge in [0.05, 0.1) is 30.3 Å². The highest BCUT2D eigenvalue weighted by Crippen LogP contribution is 2.31. The molecule has 0 saturated heterocycles. The van der Waals surface area contributed by atoms with E-state index in [1.165, 1.54) is 19.2 Å². The summed E-state index contributed by atoms with van der Waals surface area (Å²) in [4.78, 5) is 11.9. The lowest BCUT2D eigenvalue weighted by molar-refractivity contribution is -0.137. The largest absolute Gasteiger partial charge is 0.495 e. The van der Waals surface area contributed by atoms with Gasteiger partial charge in [0.2, 0.25) is 0 Å². The van der Waals surface area contributed by atoms with E-state index in [4.69, 9.17) is 4.74 Å². The maximum absolute atomic E-state index is 12.9. The van der Waals surface area contributed by atoms with E-state index in [2.05, 4.69) is 17.2 Å². The van der Waals surface area contributed by atoms with E-state index >= 15 is 0 Å². The SMILES string of the molecule is COc1ccccc1C#CCNC(=O)c1ccccc1C(F)(F)F. The number of halogens is 3. The molecule has 0 atom stereocenters. The maximum Gasteiger partial charge on any atom is 0.417 e. The lowest BCUT2D eigenvalue weighted by Gasteiger charge is -2.11. The fraction of sp³-hybridized carbons (Fsp3) is 0.167. The van der Waals surface area contributed by atoms with Gasteiger partial charge in [-0.05, 0) is 24.3 Å². The van der Waals surface area contributed by atoms with E-state index in [1.54, 1.807) is 24.3 Å². The Labute approximate surface area is 137 Å². The first kappa shape index (κ1) is 17.4. The van der Waals surface area contributed by atoms with E-state index in [0.29, 0.717) is 11.3 Å². The minimum Gasteiger partial charge on any atom is -0.495 e. The van der Waals surface area contributed by atoms with E-state index in [-0.39, 0.29) is 6.54 Å². The average molecular weight is 333 g/mol. The van der Waals surface area contributed by atoms with Crippen molar-refractivity contribution in [1.82, 2.24) is 5.32 Å². The second-order valence-electron chi connectivity index (χ2n) is 4.73. The fourth-order valence-corrected chi connectivity index (χ4v) is 2.04. The summed E-state index contributed by atoms with van der Waals surface area (Å²) in [6.07, 6.45) is -4.59. The fourth-order valence-electron chi connectivity index (χ4n) is 2.04. The van der Waals surface area contributed by atoms with Crippen LogP contribution in [0.3, 0.4) is 0 Å². The first-order valence-electron chi connectivity index (χ1n) is 7.00. The number of para-hydroxylation sites is 1. The summed E-state index contributed by atoms with van der Waals surface area (Å²) in [5, 5.41) is 2.37. The number of carbonyl (C=O) groups is 1. The lowest BCUT2D eigenvalue weighted by atomic mass is 10.1. The van der Waals surface area contributed by atoms with Crippen molar-refractivity contribution in [3.8, 4) is 17.6 Å². The summed E-state index contributed by atoms with van der Waals surface area (Å²) in [5.41, 5.74) is -0.769. The van der Waals surface area contributed by atoms with E-state index in [1.807, 2.05) is 0 Å². The quantitative estimate of drug-likeness (QED) is 0.873. The zero-order valence-corrected chi connectivity index (χ0v) is 12.8. The molecule has 2 aromatic rings. The van der Waals surface area contributed by atoms with E-state index < -0.39 is 23.2 Å². The molecule has 0 aliphatic heterocycles. The van der Waals surface area contributed by atoms with Gasteiger partial charge < -0.3 is 10.1 Å². The highest BCUT2D eigenvalue weighted by molar-refractivity contribution is 5.96. The van der Waals surface area contributed by atoms with Crippen LogP contribution in [0, 0.1) is 11.8 Å². The minimum absolute atomic E-state index is 0.0803. The van der Waals surface area contributed by atoms with Gasteiger partial charge in [0.1, 0.15) is 5.75 Å². The third kappa shape index (κ3) is 4.29. The first-order valence-corrected chi connectivity index (χ1v) is 7.00. The van der Waals surface area contributed by atoms with Crippen LogP contribution >= 0.6 is 0 Å². The van der Waals surface area contributed by atoms with Gasteiger partial charge in [-0.1, -0.05) is 36.1 Å². The van der Waals surface area contributed by atoms with Crippen LogP contribution in [-0.2, 0) is 6.18 Å². The molecule has 0 aliphatic rings. The van der Waals surface area contributed by atoms with Gasteiger partial charge in [0.25, 0.3) is 5.91 Å². The van der Waals surface area contributed by atoms with Crippen molar-refractivity contribution in [1.29, 1.82) is 0 Å². The second-order valence-corrected chi connectivity index (χ2v) is 4.73. The molecule has 0 heterocycles. The predicted molar refractivity (Wildman–Crippen MR) is 83.6 cm³/mol. The predicted octanol–water partition coefficient (Wildman–Crippen LogP) is 3.50. The van der Waals surface area contributed by atoms with Gasteiger partial charge >= 0.3 is 6.18 Å². The molecule has 1 N–H and O–H groups in total. The monoisotopic (exact) mass is 333 g/mol. The standard InChI is InChI=1S/C18H14F3NO2/c1-24-16-11-5-2-7-13(16)8-6-12-22-17(23)14-9-3-4-10-15(14)18(19,20)21/h2-5,7,9-11H,12H2,1H3,(H,22,23). The van der Waals surface area contributed by atoms with E-state index in [9.17, 15) is 18.0 Å². The van der Waals surface area contributed by atoms with Crippen molar-refractivity contribution in [2.24, 2.45) is 0 Å². The Balaban J connectivity index is 2.07. The molecule has 0 saturated carbocycles. The Kier molecular flexibility index (Phi) is 5.48. The summed E-state index contributed by atoms with van der Waals surface area (Å²) >= 11 is 0. The summed E-state index contributed by atoms with van der Waals surface area (Å²) in [5.74, 6) is 5.26. The van der Waals surface area contributed by atoms with Crippen molar-refractivity contribution in [2.75, 3.05) is 13.7 Å². The van der Waals surface area contributed by atoms with Crippen molar-refractivity contribution in [3.05, 3.63) is 65.2 Å². The molecule has 0 spiro atoms. The molecule has 0 fully saturated rings. The van der Waals surface area contributed by atoms with Gasteiger partial charge in [0, 0.05) is 0 Å². The van der Waals surface area contributed by atoms with Crippen LogP contribution in [-0.4, -0.2) is 19.6 Å². The van der Waals surface area contributed by atoms with Gasteiger partial charge in [-0.25, -0.2) is 0 Å². The number of methoxy groups -OCH3 is 1. The topological polar surface area (TPSA) is 38.3 Å². The number of alkyl halides is 3. The molecular formula is C18H14F3NO2. The second kappa shape index (κ2) is 7.55. The zero-order valence-electron chi connectivity index (χ0n) is 12.8. The summed E-state index contributed by atoms with van der Waals surface area (Å²) in [7, 11) is 1.51. The third-order valence-corrected chi connectivity index (χ3v) is 3.14. The van der Waals surface area contributed by atoms with Crippen LogP contribution in [0.25, 0.3) is 0 Å². The lowest BCUT2D eigenvalue weighted by Crippen LogP contribution is -2.26. The molecule has 0 unspecified atom stereocenters. The van der Waals surface area contributed by atoms with Crippen molar-refractivity contribution in [3.63, 3.8) is 0 Å². The number of hydrogen-bond donors (Lipinski definition) is 1. The molecule has 3 nitrogen and oxygen atoms in total. The van der Waals surface area contributed by atoms with Crippen molar-refractivity contribution >= 4 is 5.91 Å². The molecule has 0 aliphatic carbocycles. The van der Waals surface area contributed by atoms with Crippen LogP contribution in [0.1, 0.15) is 21.5 Å². The van der Waals surface area contributed by atoms with Crippen molar-refractivity contribution in [2.45, 2.75) is 6.18 Å². The molecule has 2 rings (SSSR count). The summed E-state index contributed by atoms with van der Waals surface area (Å²) in [6.45, 7) is -0.0803. The highest BCUT2D eigenvalue weighted by Gasteiger charge is 2.34. The molecule has 2 aromatic carbocycles. The summed E-state index contributed by atoms with van der Waals surface area (Å²) < 4.78 is 43.8. The summed E-state index contributed by atoms with van der Waals surface area (Å²) in [6, 6.07) is 11.7. The number of benzene rings is 2. The number of nitrogens with one attached hydrogen (secondary N) is 1. The van der Waals surface area contributed by atoms with Crippen LogP contribution in [0.2, 0.25) is 0 Å². The Morgan fingerprint density at radius 2 is 1.79 bits per heavy atom. The number of carbonyl (C=O) groups excluding carboxylic acids is 1. The molecule has 124 valence electrons. The minimum atomic E-state index is -4.59. The number of rotatable bonds is 3. The number of ether oxygens (including phenoxy) is 1. The first-order chi connectivity index (χ1) is 11.4. The normalized spacial score (nSPS) is 10.5. The van der Waals surface area contributed by atoms with Crippen LogP contribution in [0.5, 0.6) is 5.75 Å². The molecule has 6 heteroatoms. The molecule has 0 bridgehead atoms. The Hall–Kier alpha value is -2.94. The van der Waals surface area contributed by atoms with Crippen LogP contribution < -0.4 is 10.1 Å². The van der Waals surface area contributed by atoms with Gasteiger partial charge in [-0.3, -0.25) is 4.79 Å². The third-order valence-electron chi connectivity index (χ3n) is 3.14. The molecule has 0 radical (unpaired) electrons. The smallest absolute Gasteiger partial charge is 0.417 e. The number of amides is 1. The van der Waals surface area contributed by atoms with E-state index in [0.717, 1.165) is 12.1 Å². The highest BCUT2D eigenvalue weighted by atomic mass is 19.4. The van der Waals surface area contributed by atoms with Crippen LogP contribution in [0.4, 0.5) is 13.2 Å². The Morgan fingerprint density at radius 3 is 2.50 bits per heavy atom. The molecule has 24 heavy (non-hydrogen) atoms.